The van der Waals surface area contributed by atoms with Gasteiger partial charge >= 0.3 is 5.97 Å². The third-order valence-electron chi connectivity index (χ3n) is 3.72. The zero-order valence-corrected chi connectivity index (χ0v) is 12.1. The van der Waals surface area contributed by atoms with Crippen molar-refractivity contribution in [2.45, 2.75) is 30.7 Å². The number of hydrogen-bond donors (Lipinski definition) is 2. The molecule has 2 unspecified atom stereocenters. The number of carbonyl (C=O) groups is 1. The fourth-order valence-corrected chi connectivity index (χ4v) is 3.67. The van der Waals surface area contributed by atoms with Gasteiger partial charge < -0.3 is 9.67 Å². The van der Waals surface area contributed by atoms with Crippen LogP contribution in [-0.4, -0.2) is 35.6 Å². The number of nitrogens with zero attached hydrogens (tertiary/aromatic N) is 2. The standard InChI is InChI=1S/C12H19N3O4S/c1-15-7-11(13-8-15)20(18,19)14-6-9-4-2-3-5-10(9)12(16)17/h7-10,14H,2-6H2,1H3,(H,16,17). The molecule has 1 heterocycles. The van der Waals surface area contributed by atoms with Crippen LogP contribution in [-0.2, 0) is 21.9 Å². The molecule has 2 atom stereocenters. The Kier molecular flexibility index (Phi) is 4.44. The van der Waals surface area contributed by atoms with Gasteiger partial charge in [0, 0.05) is 19.8 Å². The summed E-state index contributed by atoms with van der Waals surface area (Å²) in [4.78, 5) is 15.0. The minimum absolute atomic E-state index is 0.0392. The summed E-state index contributed by atoms with van der Waals surface area (Å²) in [6.07, 6.45) is 6.01. The van der Waals surface area contributed by atoms with E-state index in [1.165, 1.54) is 12.5 Å². The molecule has 2 N–H and O–H groups in total. The highest BCUT2D eigenvalue weighted by Crippen LogP contribution is 2.30. The second-order valence-corrected chi connectivity index (χ2v) is 6.93. The molecule has 0 aliphatic heterocycles. The van der Waals surface area contributed by atoms with Crippen molar-refractivity contribution in [2.24, 2.45) is 18.9 Å². The molecule has 0 radical (unpaired) electrons. The van der Waals surface area contributed by atoms with Gasteiger partial charge in [-0.1, -0.05) is 12.8 Å². The summed E-state index contributed by atoms with van der Waals surface area (Å²) in [6, 6.07) is 0. The van der Waals surface area contributed by atoms with Crippen LogP contribution in [0.15, 0.2) is 17.6 Å². The lowest BCUT2D eigenvalue weighted by Crippen LogP contribution is -2.37. The lowest BCUT2D eigenvalue weighted by atomic mass is 9.79. The van der Waals surface area contributed by atoms with Crippen LogP contribution in [0.5, 0.6) is 0 Å². The van der Waals surface area contributed by atoms with Gasteiger partial charge in [-0.15, -0.1) is 0 Å². The quantitative estimate of drug-likeness (QED) is 0.829. The van der Waals surface area contributed by atoms with E-state index in [0.717, 1.165) is 19.3 Å². The summed E-state index contributed by atoms with van der Waals surface area (Å²) < 4.78 is 28.1. The van der Waals surface area contributed by atoms with E-state index in [1.807, 2.05) is 0 Å². The highest BCUT2D eigenvalue weighted by atomic mass is 32.2. The number of aliphatic carboxylic acids is 1. The number of carboxylic acid groups (broad SMARTS) is 1. The van der Waals surface area contributed by atoms with Crippen LogP contribution < -0.4 is 4.72 Å². The molecule has 1 fully saturated rings. The molecule has 20 heavy (non-hydrogen) atoms. The zero-order valence-electron chi connectivity index (χ0n) is 11.3. The largest absolute Gasteiger partial charge is 0.481 e. The van der Waals surface area contributed by atoms with Gasteiger partial charge in [-0.2, -0.15) is 0 Å². The van der Waals surface area contributed by atoms with E-state index in [-0.39, 0.29) is 17.5 Å². The van der Waals surface area contributed by atoms with Gasteiger partial charge in [0.05, 0.1) is 12.2 Å². The Morgan fingerprint density at radius 2 is 2.20 bits per heavy atom. The maximum absolute atomic E-state index is 12.0. The van der Waals surface area contributed by atoms with E-state index in [9.17, 15) is 13.2 Å². The minimum Gasteiger partial charge on any atom is -0.481 e. The lowest BCUT2D eigenvalue weighted by molar-refractivity contribution is -0.144. The lowest BCUT2D eigenvalue weighted by Gasteiger charge is -2.28. The van der Waals surface area contributed by atoms with Gasteiger partial charge in [0.1, 0.15) is 0 Å². The SMILES string of the molecule is Cn1cnc(S(=O)(=O)NCC2CCCCC2C(=O)O)c1. The van der Waals surface area contributed by atoms with E-state index in [4.69, 9.17) is 5.11 Å². The number of sulfonamides is 1. The molecule has 2 rings (SSSR count). The number of hydrogen-bond acceptors (Lipinski definition) is 4. The first-order valence-electron chi connectivity index (χ1n) is 6.60. The van der Waals surface area contributed by atoms with Gasteiger partial charge in [0.15, 0.2) is 5.03 Å². The van der Waals surface area contributed by atoms with Crippen molar-refractivity contribution >= 4 is 16.0 Å². The van der Waals surface area contributed by atoms with Gasteiger partial charge in [-0.25, -0.2) is 18.1 Å². The monoisotopic (exact) mass is 301 g/mol. The van der Waals surface area contributed by atoms with E-state index < -0.39 is 21.9 Å². The Balaban J connectivity index is 2.01. The number of aromatic nitrogens is 2. The third-order valence-corrected chi connectivity index (χ3v) is 5.03. The zero-order chi connectivity index (χ0) is 14.8. The first-order valence-corrected chi connectivity index (χ1v) is 8.09. The predicted octanol–water partition coefficient (Wildman–Crippen LogP) is 0.589. The molecule has 112 valence electrons. The average Bonchev–Trinajstić information content (AvgIpc) is 2.84. The number of carboxylic acids is 1. The molecule has 1 aliphatic carbocycles. The minimum atomic E-state index is -3.66. The predicted molar refractivity (Wildman–Crippen MR) is 71.5 cm³/mol. The average molecular weight is 301 g/mol. The highest BCUT2D eigenvalue weighted by Gasteiger charge is 2.31. The topological polar surface area (TPSA) is 101 Å². The first-order chi connectivity index (χ1) is 9.40. The van der Waals surface area contributed by atoms with Crippen LogP contribution in [0.4, 0.5) is 0 Å². The van der Waals surface area contributed by atoms with E-state index >= 15 is 0 Å². The molecule has 0 saturated heterocycles. The fraction of sp³-hybridized carbons (Fsp3) is 0.667. The molecule has 0 aromatic carbocycles. The molecule has 7 nitrogen and oxygen atoms in total. The van der Waals surface area contributed by atoms with Crippen molar-refractivity contribution in [1.82, 2.24) is 14.3 Å². The van der Waals surface area contributed by atoms with Gasteiger partial charge in [-0.05, 0) is 18.8 Å². The summed E-state index contributed by atoms with van der Waals surface area (Å²) in [6.45, 7) is 0.149. The van der Waals surface area contributed by atoms with Crippen LogP contribution in [0.3, 0.4) is 0 Å². The summed E-state index contributed by atoms with van der Waals surface area (Å²) in [5.41, 5.74) is 0. The van der Waals surface area contributed by atoms with Crippen LogP contribution in [0.2, 0.25) is 0 Å². The van der Waals surface area contributed by atoms with Crippen molar-refractivity contribution in [3.05, 3.63) is 12.5 Å². The summed E-state index contributed by atoms with van der Waals surface area (Å²) in [5.74, 6) is -1.46. The van der Waals surface area contributed by atoms with Gasteiger partial charge in [0.2, 0.25) is 0 Å². The Morgan fingerprint density at radius 3 is 2.80 bits per heavy atom. The Bertz CT molecular complexity index is 581. The third kappa shape index (κ3) is 3.37. The Hall–Kier alpha value is -1.41. The molecule has 0 spiro atoms. The number of nitrogens with one attached hydrogen (secondary N) is 1. The van der Waals surface area contributed by atoms with Crippen molar-refractivity contribution in [1.29, 1.82) is 0 Å². The van der Waals surface area contributed by atoms with E-state index in [1.54, 1.807) is 11.6 Å². The maximum atomic E-state index is 12.0. The fourth-order valence-electron chi connectivity index (χ4n) is 2.60. The molecule has 0 amide bonds. The normalized spacial score (nSPS) is 23.6. The van der Waals surface area contributed by atoms with Crippen LogP contribution in [0.1, 0.15) is 25.7 Å². The number of imidazole rings is 1. The molecule has 1 aromatic heterocycles. The van der Waals surface area contributed by atoms with Gasteiger partial charge in [0.25, 0.3) is 10.0 Å². The highest BCUT2D eigenvalue weighted by molar-refractivity contribution is 7.89. The van der Waals surface area contributed by atoms with Crippen LogP contribution in [0.25, 0.3) is 0 Å². The van der Waals surface area contributed by atoms with Crippen molar-refractivity contribution in [3.8, 4) is 0 Å². The molecule has 1 aliphatic rings. The van der Waals surface area contributed by atoms with Gasteiger partial charge in [-0.3, -0.25) is 4.79 Å². The van der Waals surface area contributed by atoms with Crippen molar-refractivity contribution in [2.75, 3.05) is 6.54 Å². The summed E-state index contributed by atoms with van der Waals surface area (Å²) in [5, 5.41) is 9.13. The molecule has 1 saturated carbocycles. The maximum Gasteiger partial charge on any atom is 0.306 e. The first kappa shape index (κ1) is 15.0. The Morgan fingerprint density at radius 1 is 1.50 bits per heavy atom. The van der Waals surface area contributed by atoms with Crippen LogP contribution >= 0.6 is 0 Å². The Labute approximate surface area is 118 Å². The number of rotatable bonds is 5. The van der Waals surface area contributed by atoms with E-state index in [2.05, 4.69) is 9.71 Å². The summed E-state index contributed by atoms with van der Waals surface area (Å²) in [7, 11) is -1.97. The molecule has 0 bridgehead atoms. The molecule has 1 aromatic rings. The summed E-state index contributed by atoms with van der Waals surface area (Å²) >= 11 is 0. The van der Waals surface area contributed by atoms with Crippen molar-refractivity contribution < 1.29 is 18.3 Å². The number of aryl methyl sites for hydroxylation is 1. The van der Waals surface area contributed by atoms with Crippen molar-refractivity contribution in [3.63, 3.8) is 0 Å². The van der Waals surface area contributed by atoms with E-state index in [0.29, 0.717) is 6.42 Å². The smallest absolute Gasteiger partial charge is 0.306 e. The second kappa shape index (κ2) is 5.92. The molecule has 8 heteroatoms. The molecular weight excluding hydrogens is 282 g/mol. The second-order valence-electron chi connectivity index (χ2n) is 5.22. The molecular formula is C12H19N3O4S. The van der Waals surface area contributed by atoms with Crippen LogP contribution in [0, 0.1) is 11.8 Å².